The molecule has 0 unspecified atom stereocenters. The molecule has 34 heavy (non-hydrogen) atoms. The van der Waals surface area contributed by atoms with Crippen LogP contribution in [-0.2, 0) is 16.5 Å². The van der Waals surface area contributed by atoms with Gasteiger partial charge in [-0.15, -0.1) is 0 Å². The van der Waals surface area contributed by atoms with Gasteiger partial charge in [-0.2, -0.15) is 13.2 Å². The van der Waals surface area contributed by atoms with Crippen molar-refractivity contribution in [1.29, 1.82) is 0 Å². The van der Waals surface area contributed by atoms with E-state index in [0.717, 1.165) is 18.6 Å². The van der Waals surface area contributed by atoms with Crippen LogP contribution in [0, 0.1) is 0 Å². The van der Waals surface area contributed by atoms with Gasteiger partial charge in [0.1, 0.15) is 5.54 Å². The Morgan fingerprint density at radius 1 is 0.941 bits per heavy atom. The number of benzene rings is 3. The Kier molecular flexibility index (Phi) is 6.60. The average molecular weight is 466 g/mol. The molecule has 3 nitrogen and oxygen atoms in total. The first-order valence-electron chi connectivity index (χ1n) is 11.4. The zero-order chi connectivity index (χ0) is 24.3. The second-order valence-electron chi connectivity index (χ2n) is 8.67. The molecular weight excluding hydrogens is 439 g/mol. The summed E-state index contributed by atoms with van der Waals surface area (Å²) in [4.78, 5) is 27.1. The molecule has 3 aromatic rings. The maximum atomic E-state index is 13.8. The molecule has 1 aliphatic heterocycles. The first kappa shape index (κ1) is 23.7. The topological polar surface area (TPSA) is 46.2 Å². The molecule has 6 heteroatoms. The SMILES string of the molecule is CCCCC(=O)[C@]1(c2ccccc2)Nc2cc(C(F)(F)F)ccc2[C@H]1CC(=O)c1ccccc1. The molecule has 0 saturated heterocycles. The smallest absolute Gasteiger partial charge is 0.368 e. The van der Waals surface area contributed by atoms with Crippen molar-refractivity contribution in [2.75, 3.05) is 5.32 Å². The molecule has 0 radical (unpaired) electrons. The molecule has 0 saturated carbocycles. The number of anilines is 1. The molecule has 0 aliphatic carbocycles. The molecule has 4 rings (SSSR count). The number of fused-ring (bicyclic) bond motifs is 1. The Balaban J connectivity index is 1.87. The molecule has 1 heterocycles. The number of halogens is 3. The zero-order valence-corrected chi connectivity index (χ0v) is 18.9. The van der Waals surface area contributed by atoms with Gasteiger partial charge in [-0.3, -0.25) is 9.59 Å². The van der Waals surface area contributed by atoms with E-state index in [2.05, 4.69) is 5.32 Å². The van der Waals surface area contributed by atoms with Crippen molar-refractivity contribution >= 4 is 17.3 Å². The first-order valence-corrected chi connectivity index (χ1v) is 11.4. The normalized spacial score (nSPS) is 19.4. The highest BCUT2D eigenvalue weighted by Crippen LogP contribution is 2.53. The maximum Gasteiger partial charge on any atom is 0.416 e. The second-order valence-corrected chi connectivity index (χ2v) is 8.67. The molecule has 0 aromatic heterocycles. The number of alkyl halides is 3. The summed E-state index contributed by atoms with van der Waals surface area (Å²) in [5, 5.41) is 3.19. The van der Waals surface area contributed by atoms with Crippen molar-refractivity contribution < 1.29 is 22.8 Å². The molecule has 0 bridgehead atoms. The summed E-state index contributed by atoms with van der Waals surface area (Å²) in [6, 6.07) is 21.3. The van der Waals surface area contributed by atoms with Crippen molar-refractivity contribution in [3.05, 3.63) is 101 Å². The van der Waals surface area contributed by atoms with Crippen molar-refractivity contribution in [2.24, 2.45) is 0 Å². The van der Waals surface area contributed by atoms with Gasteiger partial charge in [0, 0.05) is 30.0 Å². The molecule has 2 atom stereocenters. The molecule has 1 aliphatic rings. The summed E-state index contributed by atoms with van der Waals surface area (Å²) < 4.78 is 40.4. The van der Waals surface area contributed by atoms with Gasteiger partial charge < -0.3 is 5.32 Å². The van der Waals surface area contributed by atoms with Crippen LogP contribution in [-0.4, -0.2) is 11.6 Å². The van der Waals surface area contributed by atoms with Gasteiger partial charge in [0.05, 0.1) is 5.56 Å². The minimum atomic E-state index is -4.52. The lowest BCUT2D eigenvalue weighted by Gasteiger charge is -2.35. The van der Waals surface area contributed by atoms with Crippen LogP contribution in [0.3, 0.4) is 0 Å². The van der Waals surface area contributed by atoms with Crippen LogP contribution in [0.1, 0.15) is 65.6 Å². The summed E-state index contributed by atoms with van der Waals surface area (Å²) >= 11 is 0. The maximum absolute atomic E-state index is 13.8. The Hall–Kier alpha value is -3.41. The molecule has 0 amide bonds. The summed E-state index contributed by atoms with van der Waals surface area (Å²) in [5.74, 6) is -0.941. The lowest BCUT2D eigenvalue weighted by Crippen LogP contribution is -2.45. The highest BCUT2D eigenvalue weighted by Gasteiger charge is 2.53. The zero-order valence-electron chi connectivity index (χ0n) is 18.9. The summed E-state index contributed by atoms with van der Waals surface area (Å²) in [6.07, 6.45) is -2.82. The van der Waals surface area contributed by atoms with Gasteiger partial charge in [0.25, 0.3) is 0 Å². The fraction of sp³-hybridized carbons (Fsp3) is 0.286. The summed E-state index contributed by atoms with van der Waals surface area (Å²) in [6.45, 7) is 1.98. The lowest BCUT2D eigenvalue weighted by molar-refractivity contribution is -0.137. The van der Waals surface area contributed by atoms with Crippen LogP contribution >= 0.6 is 0 Å². The average Bonchev–Trinajstić information content (AvgIpc) is 3.17. The fourth-order valence-corrected chi connectivity index (χ4v) is 4.80. The number of carbonyl (C=O) groups is 2. The van der Waals surface area contributed by atoms with Crippen LogP contribution in [0.25, 0.3) is 0 Å². The van der Waals surface area contributed by atoms with E-state index in [0.29, 0.717) is 23.1 Å². The Labute approximate surface area is 197 Å². The predicted molar refractivity (Wildman–Crippen MR) is 126 cm³/mol. The number of unbranched alkanes of at least 4 members (excludes halogenated alkanes) is 1. The van der Waals surface area contributed by atoms with Gasteiger partial charge in [0.15, 0.2) is 11.6 Å². The standard InChI is InChI=1S/C28H26F3NO2/c1-2-3-14-26(34)27(20-12-8-5-9-13-20)23(18-25(33)19-10-6-4-7-11-19)22-16-15-21(28(29,30)31)17-24(22)32-27/h4-13,15-17,23,32H,2-3,14,18H2,1H3/t23-,27-/m1/s1. The highest BCUT2D eigenvalue weighted by atomic mass is 19.4. The van der Waals surface area contributed by atoms with Gasteiger partial charge >= 0.3 is 6.18 Å². The van der Waals surface area contributed by atoms with Crippen LogP contribution in [0.5, 0.6) is 0 Å². The first-order chi connectivity index (χ1) is 16.3. The largest absolute Gasteiger partial charge is 0.416 e. The number of ketones is 2. The number of rotatable bonds is 8. The van der Waals surface area contributed by atoms with Crippen LogP contribution in [0.4, 0.5) is 18.9 Å². The van der Waals surface area contributed by atoms with E-state index < -0.39 is 23.2 Å². The van der Waals surface area contributed by atoms with Crippen molar-refractivity contribution in [1.82, 2.24) is 0 Å². The van der Waals surface area contributed by atoms with Gasteiger partial charge in [-0.05, 0) is 29.7 Å². The van der Waals surface area contributed by atoms with E-state index in [-0.39, 0.29) is 30.1 Å². The summed E-state index contributed by atoms with van der Waals surface area (Å²) in [5.41, 5.74) is -0.178. The number of carbonyl (C=O) groups excluding carboxylic acids is 2. The minimum Gasteiger partial charge on any atom is -0.368 e. The van der Waals surface area contributed by atoms with Crippen molar-refractivity contribution in [3.63, 3.8) is 0 Å². The third-order valence-corrected chi connectivity index (χ3v) is 6.52. The van der Waals surface area contributed by atoms with E-state index in [1.807, 2.05) is 19.1 Å². The Bertz CT molecular complexity index is 1180. The van der Waals surface area contributed by atoms with Crippen LogP contribution in [0.2, 0.25) is 0 Å². The Morgan fingerprint density at radius 3 is 2.21 bits per heavy atom. The minimum absolute atomic E-state index is 0.0118. The summed E-state index contributed by atoms with van der Waals surface area (Å²) in [7, 11) is 0. The third-order valence-electron chi connectivity index (χ3n) is 6.52. The highest BCUT2D eigenvalue weighted by molar-refractivity contribution is 6.01. The monoisotopic (exact) mass is 465 g/mol. The molecule has 3 aromatic carbocycles. The van der Waals surface area contributed by atoms with E-state index in [1.165, 1.54) is 6.07 Å². The quantitative estimate of drug-likeness (QED) is 0.360. The third kappa shape index (κ3) is 4.37. The predicted octanol–water partition coefficient (Wildman–Crippen LogP) is 7.14. The fourth-order valence-electron chi connectivity index (χ4n) is 4.80. The van der Waals surface area contributed by atoms with Crippen molar-refractivity contribution in [3.8, 4) is 0 Å². The molecule has 0 spiro atoms. The molecule has 0 fully saturated rings. The van der Waals surface area contributed by atoms with Crippen molar-refractivity contribution in [2.45, 2.75) is 50.2 Å². The molecule has 176 valence electrons. The number of nitrogens with one attached hydrogen (secondary N) is 1. The lowest BCUT2D eigenvalue weighted by atomic mass is 9.71. The number of Topliss-reactive ketones (excluding diaryl/α,β-unsaturated/α-hetero) is 2. The number of hydrogen-bond acceptors (Lipinski definition) is 3. The van der Waals surface area contributed by atoms with E-state index in [1.54, 1.807) is 48.5 Å². The van der Waals surface area contributed by atoms with Gasteiger partial charge in [-0.1, -0.05) is 80.1 Å². The second kappa shape index (κ2) is 9.45. The van der Waals surface area contributed by atoms with Crippen LogP contribution in [0.15, 0.2) is 78.9 Å². The van der Waals surface area contributed by atoms with E-state index >= 15 is 0 Å². The van der Waals surface area contributed by atoms with Gasteiger partial charge in [0.2, 0.25) is 0 Å². The van der Waals surface area contributed by atoms with E-state index in [9.17, 15) is 22.8 Å². The molecular formula is C28H26F3NO2. The Morgan fingerprint density at radius 2 is 1.59 bits per heavy atom. The molecule has 1 N–H and O–H groups in total. The van der Waals surface area contributed by atoms with Gasteiger partial charge in [-0.25, -0.2) is 0 Å². The van der Waals surface area contributed by atoms with Crippen LogP contribution < -0.4 is 5.32 Å². The number of hydrogen-bond donors (Lipinski definition) is 1. The van der Waals surface area contributed by atoms with E-state index in [4.69, 9.17) is 0 Å².